The van der Waals surface area contributed by atoms with E-state index < -0.39 is 34.9 Å². The van der Waals surface area contributed by atoms with Crippen LogP contribution in [0.15, 0.2) is 163 Å². The van der Waals surface area contributed by atoms with E-state index in [1.807, 2.05) is 103 Å². The minimum atomic E-state index is -1.53. The van der Waals surface area contributed by atoms with Gasteiger partial charge in [-0.2, -0.15) is 0 Å². The van der Waals surface area contributed by atoms with E-state index in [2.05, 4.69) is 15.9 Å². The number of benzene rings is 5. The summed E-state index contributed by atoms with van der Waals surface area (Å²) in [6.07, 6.45) is 3.65. The molecule has 260 valence electrons. The molecule has 52 heavy (non-hydrogen) atoms. The summed E-state index contributed by atoms with van der Waals surface area (Å²) in [5.41, 5.74) is 5.71. The van der Waals surface area contributed by atoms with E-state index >= 15 is 0 Å². The highest BCUT2D eigenvalue weighted by molar-refractivity contribution is 9.09. The Bertz CT molecular complexity index is 2040. The Morgan fingerprint density at radius 3 is 1.60 bits per heavy atom. The summed E-state index contributed by atoms with van der Waals surface area (Å²) >= 11 is 3.46. The molecule has 0 fully saturated rings. The fraction of sp³-hybridized carbons (Fsp3) is 0.136. The number of alkyl halides is 1. The van der Waals surface area contributed by atoms with Crippen molar-refractivity contribution in [1.29, 1.82) is 0 Å². The van der Waals surface area contributed by atoms with Gasteiger partial charge in [0.2, 0.25) is 0 Å². The van der Waals surface area contributed by atoms with Crippen LogP contribution in [0, 0.1) is 0 Å². The molecule has 0 amide bonds. The second-order valence-electron chi connectivity index (χ2n) is 12.1. The summed E-state index contributed by atoms with van der Waals surface area (Å²) in [5, 5.41) is 0. The van der Waals surface area contributed by atoms with E-state index in [0.29, 0.717) is 18.3 Å². The van der Waals surface area contributed by atoms with Crippen molar-refractivity contribution < 1.29 is 33.4 Å². The minimum Gasteiger partial charge on any atom is -0.461 e. The summed E-state index contributed by atoms with van der Waals surface area (Å²) in [4.78, 5) is 51.4. The average molecular weight is 756 g/mol. The minimum absolute atomic E-state index is 0.143. The number of halogens is 1. The zero-order chi connectivity index (χ0) is 36.3. The van der Waals surface area contributed by atoms with E-state index in [4.69, 9.17) is 14.2 Å². The van der Waals surface area contributed by atoms with E-state index in [1.165, 1.54) is 0 Å². The molecule has 5 aromatic rings. The van der Waals surface area contributed by atoms with Crippen LogP contribution in [0.25, 0.3) is 22.3 Å². The molecule has 0 spiro atoms. The van der Waals surface area contributed by atoms with Crippen LogP contribution in [0.5, 0.6) is 0 Å². The molecule has 8 heteroatoms. The molecule has 1 unspecified atom stereocenters. The molecular weight excluding hydrogens is 720 g/mol. The zero-order valence-corrected chi connectivity index (χ0v) is 29.6. The van der Waals surface area contributed by atoms with E-state index in [0.717, 1.165) is 27.8 Å². The molecule has 0 N–H and O–H groups in total. The smallest absolute Gasteiger partial charge is 0.338 e. The van der Waals surface area contributed by atoms with Gasteiger partial charge in [-0.3, -0.25) is 4.79 Å². The quantitative estimate of drug-likeness (QED) is 0.0513. The Morgan fingerprint density at radius 2 is 1.12 bits per heavy atom. The third-order valence-corrected chi connectivity index (χ3v) is 9.48. The Kier molecular flexibility index (Phi) is 12.0. The van der Waals surface area contributed by atoms with Crippen LogP contribution in [0.3, 0.4) is 0 Å². The predicted molar refractivity (Wildman–Crippen MR) is 203 cm³/mol. The number of allylic oxidation sites excluding steroid dienone is 2. The van der Waals surface area contributed by atoms with Crippen LogP contribution in [-0.4, -0.2) is 47.8 Å². The Balaban J connectivity index is 1.16. The number of hydrogen-bond acceptors (Lipinski definition) is 7. The van der Waals surface area contributed by atoms with Crippen molar-refractivity contribution in [2.75, 3.05) is 6.61 Å². The molecule has 1 aliphatic rings. The Morgan fingerprint density at radius 1 is 0.635 bits per heavy atom. The lowest BCUT2D eigenvalue weighted by Gasteiger charge is -2.27. The van der Waals surface area contributed by atoms with E-state index in [-0.39, 0.29) is 23.7 Å². The SMILES string of the molecule is O=C[C@H](OC(=O)c1ccc(-c2ccccc2)cc1)[C@@H](OC(=O)c1ccc(-c2ccccc2)cc1)[C@H](Br)COC(=O)C1=CCC(c2ccccc2)C=C1. The largest absolute Gasteiger partial charge is 0.461 e. The molecule has 5 aromatic carbocycles. The number of carbonyl (C=O) groups is 4. The maximum atomic E-state index is 13.5. The molecule has 7 nitrogen and oxygen atoms in total. The number of hydrogen-bond donors (Lipinski definition) is 0. The standard InChI is InChI=1S/C44H35BrO7/c45-39(29-50-42(47)36-22-16-33(17-23-36)30-10-4-1-5-11-30)41(52-44(49)38-26-20-35(21-27-38)32-14-8-3-9-15-32)40(28-46)51-43(48)37-24-18-34(19-25-37)31-12-6-2-7-13-31/h1-16,18-28,33,39-41H,17,29H2/t33?,39-,40+,41+/m1/s1. The molecule has 0 saturated heterocycles. The molecule has 0 aliphatic heterocycles. The summed E-state index contributed by atoms with van der Waals surface area (Å²) in [7, 11) is 0. The van der Waals surface area contributed by atoms with Crippen LogP contribution in [-0.2, 0) is 23.8 Å². The first-order valence-corrected chi connectivity index (χ1v) is 17.7. The van der Waals surface area contributed by atoms with Crippen molar-refractivity contribution >= 4 is 40.1 Å². The third-order valence-electron chi connectivity index (χ3n) is 8.69. The van der Waals surface area contributed by atoms with Crippen molar-refractivity contribution in [3.8, 4) is 22.3 Å². The maximum Gasteiger partial charge on any atom is 0.338 e. The van der Waals surface area contributed by atoms with Crippen LogP contribution in [0.1, 0.15) is 38.6 Å². The van der Waals surface area contributed by atoms with Crippen molar-refractivity contribution in [1.82, 2.24) is 0 Å². The molecular formula is C44H35BrO7. The monoisotopic (exact) mass is 754 g/mol. The van der Waals surface area contributed by atoms with Gasteiger partial charge in [0.05, 0.1) is 21.5 Å². The number of aldehydes is 1. The van der Waals surface area contributed by atoms with Gasteiger partial charge >= 0.3 is 17.9 Å². The molecule has 0 heterocycles. The lowest BCUT2D eigenvalue weighted by molar-refractivity contribution is -0.139. The third kappa shape index (κ3) is 9.08. The summed E-state index contributed by atoms with van der Waals surface area (Å²) in [6.45, 7) is -0.287. The maximum absolute atomic E-state index is 13.5. The number of carbonyl (C=O) groups excluding carboxylic acids is 4. The van der Waals surface area contributed by atoms with Crippen molar-refractivity contribution in [3.63, 3.8) is 0 Å². The Labute approximate surface area is 310 Å². The van der Waals surface area contributed by atoms with Crippen LogP contribution in [0.2, 0.25) is 0 Å². The van der Waals surface area contributed by atoms with Gasteiger partial charge in [0.1, 0.15) is 6.61 Å². The Hall–Kier alpha value is -5.86. The van der Waals surface area contributed by atoms with E-state index in [1.54, 1.807) is 54.6 Å². The fourth-order valence-electron chi connectivity index (χ4n) is 5.81. The molecule has 6 rings (SSSR count). The van der Waals surface area contributed by atoms with Crippen molar-refractivity contribution in [2.24, 2.45) is 0 Å². The number of esters is 3. The first-order chi connectivity index (χ1) is 25.4. The van der Waals surface area contributed by atoms with E-state index in [9.17, 15) is 19.2 Å². The number of ether oxygens (including phenoxy) is 3. The van der Waals surface area contributed by atoms with Gasteiger partial charge in [0.25, 0.3) is 0 Å². The highest BCUT2D eigenvalue weighted by Crippen LogP contribution is 2.28. The molecule has 1 aliphatic carbocycles. The normalized spacial score (nSPS) is 15.3. The van der Waals surface area contributed by atoms with Gasteiger partial charge in [-0.25, -0.2) is 14.4 Å². The fourth-order valence-corrected chi connectivity index (χ4v) is 6.35. The first-order valence-electron chi connectivity index (χ1n) is 16.8. The van der Waals surface area contributed by atoms with Gasteiger partial charge in [0, 0.05) is 5.92 Å². The molecule has 0 radical (unpaired) electrons. The molecule has 0 saturated carbocycles. The highest BCUT2D eigenvalue weighted by Gasteiger charge is 2.36. The van der Waals surface area contributed by atoms with Gasteiger partial charge < -0.3 is 14.2 Å². The van der Waals surface area contributed by atoms with Crippen LogP contribution < -0.4 is 0 Å². The van der Waals surface area contributed by atoms with Gasteiger partial charge in [-0.1, -0.05) is 149 Å². The molecule has 4 atom stereocenters. The van der Waals surface area contributed by atoms with Gasteiger partial charge in [0.15, 0.2) is 18.5 Å². The highest BCUT2D eigenvalue weighted by atomic mass is 79.9. The summed E-state index contributed by atoms with van der Waals surface area (Å²) in [5.74, 6) is -1.97. The van der Waals surface area contributed by atoms with Crippen molar-refractivity contribution in [2.45, 2.75) is 29.4 Å². The second-order valence-corrected chi connectivity index (χ2v) is 13.3. The first kappa shape index (κ1) is 35.9. The summed E-state index contributed by atoms with van der Waals surface area (Å²) < 4.78 is 17.1. The van der Waals surface area contributed by atoms with Gasteiger partial charge in [-0.05, 0) is 58.5 Å². The van der Waals surface area contributed by atoms with Crippen LogP contribution >= 0.6 is 15.9 Å². The summed E-state index contributed by atoms with van der Waals surface area (Å²) in [6, 6.07) is 42.9. The number of rotatable bonds is 13. The average Bonchev–Trinajstić information content (AvgIpc) is 3.22. The van der Waals surface area contributed by atoms with Crippen LogP contribution in [0.4, 0.5) is 0 Å². The second kappa shape index (κ2) is 17.4. The lowest BCUT2D eigenvalue weighted by atomic mass is 9.90. The topological polar surface area (TPSA) is 96.0 Å². The van der Waals surface area contributed by atoms with Crippen molar-refractivity contribution in [3.05, 3.63) is 180 Å². The lowest BCUT2D eigenvalue weighted by Crippen LogP contribution is -2.44. The molecule has 0 bridgehead atoms. The zero-order valence-electron chi connectivity index (χ0n) is 28.0. The predicted octanol–water partition coefficient (Wildman–Crippen LogP) is 8.95. The van der Waals surface area contributed by atoms with Gasteiger partial charge in [-0.15, -0.1) is 0 Å². The molecule has 0 aromatic heterocycles.